The molecule has 1 saturated carbocycles. The summed E-state index contributed by atoms with van der Waals surface area (Å²) >= 11 is 13.3. The van der Waals surface area contributed by atoms with E-state index in [0.717, 1.165) is 77.0 Å². The molecule has 1 aliphatic carbocycles. The van der Waals surface area contributed by atoms with Crippen LogP contribution < -0.4 is 15.0 Å². The van der Waals surface area contributed by atoms with Crippen molar-refractivity contribution in [3.8, 4) is 5.88 Å². The van der Waals surface area contributed by atoms with E-state index in [1.54, 1.807) is 7.11 Å². The zero-order valence-corrected chi connectivity index (χ0v) is 32.7. The Kier molecular flexibility index (Phi) is 9.79. The maximum Gasteiger partial charge on any atom is 0.273 e. The van der Waals surface area contributed by atoms with Crippen molar-refractivity contribution < 1.29 is 9.53 Å². The van der Waals surface area contributed by atoms with Crippen molar-refractivity contribution in [1.82, 2.24) is 24.8 Å². The Hall–Kier alpha value is -4.83. The van der Waals surface area contributed by atoms with Crippen LogP contribution in [0, 0.1) is 5.92 Å². The lowest BCUT2D eigenvalue weighted by molar-refractivity contribution is 0.102. The van der Waals surface area contributed by atoms with E-state index in [2.05, 4.69) is 85.6 Å². The summed E-state index contributed by atoms with van der Waals surface area (Å²) in [6, 6.07) is 22.9. The third-order valence-electron chi connectivity index (χ3n) is 11.9. The standard InChI is InChI=1S/C44H45Cl2N7O2/c1-27-10-9-19-53-40(29-15-17-30(45)18-16-29)33-24-31(46)25-34-36(33)37(41(53)35(27)28-11-5-3-6-12-28)38(49-34)43(54)50-39-42(47-26-48-44(39)55-2)52-22-20-51(21-23-52)32-13-7-4-8-14-32/h3,5-6,9,11-12,15-19,24-27,32,40,49H,4,7-8,10,13-14,20-23H2,1-2H3,(H,50,54). The number of anilines is 2. The molecule has 55 heavy (non-hydrogen) atoms. The first kappa shape index (κ1) is 35.8. The lowest BCUT2D eigenvalue weighted by atomic mass is 9.82. The highest BCUT2D eigenvalue weighted by atomic mass is 35.5. The number of nitrogens with one attached hydrogen (secondary N) is 2. The SMILES string of the molecule is COc1ncnc(N2CCN(C3CCCCC3)CC2)c1NC(=O)c1[nH]c2cc(Cl)cc3c2c1C1=C(c2ccccc2)C(C)CC=CN1C3c1ccc(Cl)cc1. The summed E-state index contributed by atoms with van der Waals surface area (Å²) in [4.78, 5) is 35.0. The molecule has 9 nitrogen and oxygen atoms in total. The quantitative estimate of drug-likeness (QED) is 0.170. The molecule has 4 aliphatic rings. The number of carbonyl (C=O) groups is 1. The van der Waals surface area contributed by atoms with Crippen LogP contribution in [-0.2, 0) is 0 Å². The molecule has 5 heterocycles. The van der Waals surface area contributed by atoms with Gasteiger partial charge in [0.25, 0.3) is 5.91 Å². The van der Waals surface area contributed by atoms with E-state index in [0.29, 0.717) is 39.2 Å². The first-order valence-corrected chi connectivity index (χ1v) is 20.2. The Bertz CT molecular complexity index is 2290. The normalized spacial score (nSPS) is 20.4. The van der Waals surface area contributed by atoms with E-state index in [1.165, 1.54) is 38.4 Å². The van der Waals surface area contributed by atoms with Gasteiger partial charge in [-0.15, -0.1) is 0 Å². The number of aromatic nitrogens is 3. The van der Waals surface area contributed by atoms with E-state index in [-0.39, 0.29) is 17.9 Å². The Morgan fingerprint density at radius 2 is 1.69 bits per heavy atom. The zero-order chi connectivity index (χ0) is 37.6. The third kappa shape index (κ3) is 6.56. The lowest BCUT2D eigenvalue weighted by Crippen LogP contribution is -2.51. The van der Waals surface area contributed by atoms with Crippen LogP contribution >= 0.6 is 23.2 Å². The molecule has 3 aromatic carbocycles. The second-order valence-electron chi connectivity index (χ2n) is 15.2. The number of nitrogens with zero attached hydrogens (tertiary/aromatic N) is 5. The van der Waals surface area contributed by atoms with E-state index < -0.39 is 0 Å². The van der Waals surface area contributed by atoms with Gasteiger partial charge in [0, 0.05) is 64.9 Å². The first-order chi connectivity index (χ1) is 26.9. The van der Waals surface area contributed by atoms with E-state index >= 15 is 4.79 Å². The van der Waals surface area contributed by atoms with Gasteiger partial charge in [-0.3, -0.25) is 9.69 Å². The van der Waals surface area contributed by atoms with Gasteiger partial charge in [0.15, 0.2) is 5.82 Å². The van der Waals surface area contributed by atoms with E-state index in [1.807, 2.05) is 30.3 Å². The number of benzene rings is 3. The lowest BCUT2D eigenvalue weighted by Gasteiger charge is -2.41. The minimum Gasteiger partial charge on any atom is -0.479 e. The van der Waals surface area contributed by atoms with Crippen molar-refractivity contribution in [3.63, 3.8) is 0 Å². The predicted octanol–water partition coefficient (Wildman–Crippen LogP) is 9.81. The highest BCUT2D eigenvalue weighted by Crippen LogP contribution is 2.53. The maximum absolute atomic E-state index is 15.0. The number of piperazine rings is 1. The predicted molar refractivity (Wildman–Crippen MR) is 222 cm³/mol. The summed E-state index contributed by atoms with van der Waals surface area (Å²) in [6.07, 6.45) is 13.3. The number of hydrogen-bond acceptors (Lipinski definition) is 7. The van der Waals surface area contributed by atoms with Gasteiger partial charge in [0.05, 0.1) is 18.8 Å². The smallest absolute Gasteiger partial charge is 0.273 e. The third-order valence-corrected chi connectivity index (χ3v) is 12.4. The summed E-state index contributed by atoms with van der Waals surface area (Å²) in [5, 5.41) is 5.47. The molecule has 2 aromatic heterocycles. The van der Waals surface area contributed by atoms with Crippen LogP contribution in [0.1, 0.15) is 84.2 Å². The molecular formula is C44H45Cl2N7O2. The van der Waals surface area contributed by atoms with Crippen LogP contribution in [0.2, 0.25) is 10.0 Å². The second kappa shape index (κ2) is 15.0. The second-order valence-corrected chi connectivity index (χ2v) is 16.0. The van der Waals surface area contributed by atoms with Crippen LogP contribution in [-0.4, -0.2) is 70.0 Å². The van der Waals surface area contributed by atoms with Gasteiger partial charge >= 0.3 is 0 Å². The molecule has 0 spiro atoms. The minimum atomic E-state index is -0.311. The molecule has 0 radical (unpaired) electrons. The molecule has 1 amide bonds. The summed E-state index contributed by atoms with van der Waals surface area (Å²) < 4.78 is 5.79. The molecular weight excluding hydrogens is 729 g/mol. The number of ether oxygens (including phenoxy) is 1. The fourth-order valence-electron chi connectivity index (χ4n) is 9.33. The molecule has 9 rings (SSSR count). The largest absolute Gasteiger partial charge is 0.479 e. The van der Waals surface area contributed by atoms with Crippen molar-refractivity contribution in [2.75, 3.05) is 43.5 Å². The Labute approximate surface area is 332 Å². The summed E-state index contributed by atoms with van der Waals surface area (Å²) in [7, 11) is 1.58. The fraction of sp³-hybridized carbons (Fsp3) is 0.341. The number of fused-ring (bicyclic) bond motifs is 2. The molecule has 1 saturated heterocycles. The van der Waals surface area contributed by atoms with Crippen molar-refractivity contribution in [1.29, 1.82) is 0 Å². The van der Waals surface area contributed by atoms with Gasteiger partial charge in [-0.1, -0.05) is 97.9 Å². The van der Waals surface area contributed by atoms with Crippen LogP contribution in [0.5, 0.6) is 5.88 Å². The molecule has 2 N–H and O–H groups in total. The Balaban J connectivity index is 1.18. The number of carbonyl (C=O) groups excluding carboxylic acids is 1. The summed E-state index contributed by atoms with van der Waals surface area (Å²) in [6.45, 7) is 5.77. The van der Waals surface area contributed by atoms with E-state index in [9.17, 15) is 0 Å². The zero-order valence-electron chi connectivity index (χ0n) is 31.2. The highest BCUT2D eigenvalue weighted by Gasteiger charge is 2.40. The molecule has 2 unspecified atom stereocenters. The Morgan fingerprint density at radius 1 is 0.927 bits per heavy atom. The fourth-order valence-corrected chi connectivity index (χ4v) is 9.69. The van der Waals surface area contributed by atoms with Gasteiger partial charge < -0.3 is 24.8 Å². The minimum absolute atomic E-state index is 0.153. The first-order valence-electron chi connectivity index (χ1n) is 19.4. The van der Waals surface area contributed by atoms with Gasteiger partial charge in [-0.05, 0) is 71.7 Å². The van der Waals surface area contributed by atoms with Crippen molar-refractivity contribution in [3.05, 3.63) is 123 Å². The molecule has 5 aromatic rings. The van der Waals surface area contributed by atoms with Crippen molar-refractivity contribution in [2.45, 2.75) is 57.5 Å². The molecule has 0 bridgehead atoms. The number of aromatic amines is 1. The number of H-pyrrole nitrogens is 1. The Morgan fingerprint density at radius 3 is 2.44 bits per heavy atom. The number of rotatable bonds is 7. The number of amides is 1. The molecule has 11 heteroatoms. The topological polar surface area (TPSA) is 89.6 Å². The van der Waals surface area contributed by atoms with Crippen LogP contribution in [0.25, 0.3) is 22.2 Å². The van der Waals surface area contributed by atoms with E-state index in [4.69, 9.17) is 32.9 Å². The average Bonchev–Trinajstić information content (AvgIpc) is 3.51. The number of halogens is 2. The number of allylic oxidation sites excluding steroid dienone is 2. The molecule has 2 fully saturated rings. The van der Waals surface area contributed by atoms with Crippen LogP contribution in [0.4, 0.5) is 11.5 Å². The maximum atomic E-state index is 15.0. The van der Waals surface area contributed by atoms with Crippen molar-refractivity contribution >= 4 is 62.8 Å². The molecule has 2 atom stereocenters. The van der Waals surface area contributed by atoms with Crippen LogP contribution in [0.15, 0.2) is 85.3 Å². The summed E-state index contributed by atoms with van der Waals surface area (Å²) in [5.74, 6) is 0.827. The van der Waals surface area contributed by atoms with Gasteiger partial charge in [0.2, 0.25) is 5.88 Å². The van der Waals surface area contributed by atoms with Crippen molar-refractivity contribution in [2.24, 2.45) is 5.92 Å². The number of hydrogen-bond donors (Lipinski definition) is 2. The van der Waals surface area contributed by atoms with Gasteiger partial charge in [-0.2, -0.15) is 4.98 Å². The van der Waals surface area contributed by atoms with Crippen LogP contribution in [0.3, 0.4) is 0 Å². The number of methoxy groups -OCH3 is 1. The highest BCUT2D eigenvalue weighted by molar-refractivity contribution is 6.32. The molecule has 282 valence electrons. The van der Waals surface area contributed by atoms with Gasteiger partial charge in [0.1, 0.15) is 17.7 Å². The summed E-state index contributed by atoms with van der Waals surface area (Å²) in [5.41, 5.74) is 7.84. The van der Waals surface area contributed by atoms with Gasteiger partial charge in [-0.25, -0.2) is 4.98 Å². The molecule has 3 aliphatic heterocycles. The average molecular weight is 775 g/mol. The monoisotopic (exact) mass is 773 g/mol.